The molecule has 0 aliphatic heterocycles. The van der Waals surface area contributed by atoms with Crippen LogP contribution in [0.15, 0.2) is 49.1 Å². The number of aliphatic hydroxyl groups is 1. The van der Waals surface area contributed by atoms with Gasteiger partial charge in [0.05, 0.1) is 6.10 Å². The van der Waals surface area contributed by atoms with E-state index in [9.17, 15) is 5.11 Å². The minimum absolute atomic E-state index is 0.230. The fourth-order valence-corrected chi connectivity index (χ4v) is 3.36. The Hall–Kier alpha value is -1.08. The van der Waals surface area contributed by atoms with Gasteiger partial charge < -0.3 is 5.11 Å². The van der Waals surface area contributed by atoms with Gasteiger partial charge in [-0.3, -0.25) is 0 Å². The molecule has 1 aliphatic rings. The van der Waals surface area contributed by atoms with Gasteiger partial charge >= 0.3 is 0 Å². The fourth-order valence-electron chi connectivity index (χ4n) is 3.36. The molecule has 1 heteroatoms. The lowest BCUT2D eigenvalue weighted by Crippen LogP contribution is -2.40. The maximum absolute atomic E-state index is 10.4. The summed E-state index contributed by atoms with van der Waals surface area (Å²) in [5.41, 5.74) is 0.230. The van der Waals surface area contributed by atoms with Crippen LogP contribution in [0.5, 0.6) is 0 Å². The lowest BCUT2D eigenvalue weighted by atomic mass is 9.62. The number of hydrogen-bond acceptors (Lipinski definition) is 1. The number of rotatable bonds is 5. The van der Waals surface area contributed by atoms with Gasteiger partial charge in [-0.05, 0) is 23.7 Å². The Kier molecular flexibility index (Phi) is 6.30. The Morgan fingerprint density at radius 3 is 2.42 bits per heavy atom. The fraction of sp³-hybridized carbons (Fsp3) is 0.556. The predicted octanol–water partition coefficient (Wildman–Crippen LogP) is 4.66. The Morgan fingerprint density at radius 1 is 1.16 bits per heavy atom. The first-order valence-corrected chi connectivity index (χ1v) is 7.29. The lowest BCUT2D eigenvalue weighted by molar-refractivity contribution is -0.00399. The molecule has 0 aromatic rings. The van der Waals surface area contributed by atoms with E-state index in [1.165, 1.54) is 19.3 Å². The van der Waals surface area contributed by atoms with Crippen molar-refractivity contribution >= 4 is 0 Å². The SMILES string of the molecule is C=CC=CC=CC=CC(O)C1C(C)CCCC1(C)C. The second kappa shape index (κ2) is 7.49. The molecule has 106 valence electrons. The summed E-state index contributed by atoms with van der Waals surface area (Å²) in [5.74, 6) is 0.947. The van der Waals surface area contributed by atoms with Gasteiger partial charge in [0, 0.05) is 0 Å². The van der Waals surface area contributed by atoms with Crippen LogP contribution in [0.2, 0.25) is 0 Å². The van der Waals surface area contributed by atoms with E-state index in [0.717, 1.165) is 0 Å². The zero-order valence-corrected chi connectivity index (χ0v) is 12.5. The van der Waals surface area contributed by atoms with Gasteiger partial charge in [-0.25, -0.2) is 0 Å². The van der Waals surface area contributed by atoms with E-state index in [4.69, 9.17) is 0 Å². The van der Waals surface area contributed by atoms with Crippen molar-refractivity contribution < 1.29 is 5.11 Å². The largest absolute Gasteiger partial charge is 0.389 e. The molecular formula is C18H28O. The topological polar surface area (TPSA) is 20.2 Å². The first-order chi connectivity index (χ1) is 8.99. The minimum atomic E-state index is -0.349. The third-order valence-corrected chi connectivity index (χ3v) is 4.25. The average Bonchev–Trinajstić information content (AvgIpc) is 2.32. The Balaban J connectivity index is 2.62. The van der Waals surface area contributed by atoms with Crippen molar-refractivity contribution in [3.63, 3.8) is 0 Å². The van der Waals surface area contributed by atoms with E-state index in [1.807, 2.05) is 36.5 Å². The molecule has 0 bridgehead atoms. The molecule has 1 nitrogen and oxygen atoms in total. The molecule has 1 rings (SSSR count). The molecule has 0 amide bonds. The van der Waals surface area contributed by atoms with Crippen LogP contribution < -0.4 is 0 Å². The molecule has 0 radical (unpaired) electrons. The molecule has 1 aliphatic carbocycles. The zero-order chi connectivity index (χ0) is 14.3. The smallest absolute Gasteiger partial charge is 0.0759 e. The summed E-state index contributed by atoms with van der Waals surface area (Å²) in [6.45, 7) is 10.5. The highest BCUT2D eigenvalue weighted by Gasteiger charge is 2.40. The van der Waals surface area contributed by atoms with Gasteiger partial charge in [-0.15, -0.1) is 0 Å². The number of allylic oxidation sites excluding steroid dienone is 6. The van der Waals surface area contributed by atoms with E-state index in [0.29, 0.717) is 11.8 Å². The van der Waals surface area contributed by atoms with E-state index < -0.39 is 0 Å². The van der Waals surface area contributed by atoms with Crippen LogP contribution in [0.25, 0.3) is 0 Å². The summed E-state index contributed by atoms with van der Waals surface area (Å²) < 4.78 is 0. The molecule has 1 N–H and O–H groups in total. The van der Waals surface area contributed by atoms with Crippen LogP contribution in [-0.4, -0.2) is 11.2 Å². The molecule has 3 atom stereocenters. The maximum Gasteiger partial charge on any atom is 0.0759 e. The number of aliphatic hydroxyl groups excluding tert-OH is 1. The van der Waals surface area contributed by atoms with Crippen molar-refractivity contribution in [3.05, 3.63) is 49.1 Å². The minimum Gasteiger partial charge on any atom is -0.389 e. The van der Waals surface area contributed by atoms with Crippen LogP contribution >= 0.6 is 0 Å². The third kappa shape index (κ3) is 4.83. The molecule has 0 saturated heterocycles. The quantitative estimate of drug-likeness (QED) is 0.713. The molecule has 3 unspecified atom stereocenters. The number of hydrogen-bond donors (Lipinski definition) is 1. The van der Waals surface area contributed by atoms with Gasteiger partial charge in [-0.1, -0.05) is 82.7 Å². The van der Waals surface area contributed by atoms with Crippen molar-refractivity contribution in [2.45, 2.75) is 46.1 Å². The van der Waals surface area contributed by atoms with Gasteiger partial charge in [0.2, 0.25) is 0 Å². The van der Waals surface area contributed by atoms with Crippen molar-refractivity contribution in [1.29, 1.82) is 0 Å². The lowest BCUT2D eigenvalue weighted by Gasteiger charge is -2.44. The van der Waals surface area contributed by atoms with Crippen molar-refractivity contribution in [1.82, 2.24) is 0 Å². The summed E-state index contributed by atoms with van der Waals surface area (Å²) in [6, 6.07) is 0. The van der Waals surface area contributed by atoms with Crippen LogP contribution in [0.3, 0.4) is 0 Å². The van der Waals surface area contributed by atoms with Gasteiger partial charge in [0.1, 0.15) is 0 Å². The van der Waals surface area contributed by atoms with Gasteiger partial charge in [-0.2, -0.15) is 0 Å². The summed E-state index contributed by atoms with van der Waals surface area (Å²) in [7, 11) is 0. The predicted molar refractivity (Wildman–Crippen MR) is 83.9 cm³/mol. The summed E-state index contributed by atoms with van der Waals surface area (Å²) in [4.78, 5) is 0. The molecule has 1 saturated carbocycles. The summed E-state index contributed by atoms with van der Waals surface area (Å²) >= 11 is 0. The Bertz CT molecular complexity index is 360. The second-order valence-corrected chi connectivity index (χ2v) is 6.26. The normalized spacial score (nSPS) is 29.3. The Morgan fingerprint density at radius 2 is 1.79 bits per heavy atom. The monoisotopic (exact) mass is 260 g/mol. The van der Waals surface area contributed by atoms with Crippen molar-refractivity contribution in [2.24, 2.45) is 17.3 Å². The van der Waals surface area contributed by atoms with Crippen LogP contribution in [0.4, 0.5) is 0 Å². The van der Waals surface area contributed by atoms with Gasteiger partial charge in [0.15, 0.2) is 0 Å². The summed E-state index contributed by atoms with van der Waals surface area (Å²) in [5, 5.41) is 10.4. The first kappa shape index (κ1) is 16.0. The molecule has 0 heterocycles. The maximum atomic E-state index is 10.4. The highest BCUT2D eigenvalue weighted by molar-refractivity contribution is 5.15. The van der Waals surface area contributed by atoms with Gasteiger partial charge in [0.25, 0.3) is 0 Å². The molecule has 19 heavy (non-hydrogen) atoms. The Labute approximate surface area is 118 Å². The summed E-state index contributed by atoms with van der Waals surface area (Å²) in [6.07, 6.45) is 16.7. The molecular weight excluding hydrogens is 232 g/mol. The zero-order valence-electron chi connectivity index (χ0n) is 12.5. The highest BCUT2D eigenvalue weighted by Crippen LogP contribution is 2.45. The second-order valence-electron chi connectivity index (χ2n) is 6.26. The van der Waals surface area contributed by atoms with Crippen molar-refractivity contribution in [2.75, 3.05) is 0 Å². The van der Waals surface area contributed by atoms with E-state index in [2.05, 4.69) is 27.4 Å². The van der Waals surface area contributed by atoms with Crippen molar-refractivity contribution in [3.8, 4) is 0 Å². The van der Waals surface area contributed by atoms with E-state index in [1.54, 1.807) is 6.08 Å². The molecule has 0 spiro atoms. The highest BCUT2D eigenvalue weighted by atomic mass is 16.3. The van der Waals surface area contributed by atoms with E-state index in [-0.39, 0.29) is 11.5 Å². The van der Waals surface area contributed by atoms with Crippen LogP contribution in [-0.2, 0) is 0 Å². The molecule has 0 aromatic heterocycles. The van der Waals surface area contributed by atoms with Crippen LogP contribution in [0, 0.1) is 17.3 Å². The van der Waals surface area contributed by atoms with Crippen LogP contribution in [0.1, 0.15) is 40.0 Å². The molecule has 0 aromatic carbocycles. The standard InChI is InChI=1S/C18H28O/c1-5-6-7-8-9-10-13-16(19)17-15(2)12-11-14-18(17,3)4/h5-10,13,15-17,19H,1,11-12,14H2,2-4H3. The van der Waals surface area contributed by atoms with E-state index >= 15 is 0 Å². The average molecular weight is 260 g/mol. The molecule has 1 fully saturated rings. The first-order valence-electron chi connectivity index (χ1n) is 7.29. The third-order valence-electron chi connectivity index (χ3n) is 4.25.